The van der Waals surface area contributed by atoms with Crippen LogP contribution < -0.4 is 5.32 Å². The van der Waals surface area contributed by atoms with Gasteiger partial charge in [-0.25, -0.2) is 9.67 Å². The number of aryl methyl sites for hydroxylation is 1. The first-order valence-electron chi connectivity index (χ1n) is 7.23. The fourth-order valence-electron chi connectivity index (χ4n) is 2.35. The van der Waals surface area contributed by atoms with Crippen LogP contribution in [0.4, 0.5) is 0 Å². The summed E-state index contributed by atoms with van der Waals surface area (Å²) in [6, 6.07) is 8.79. The lowest BCUT2D eigenvalue weighted by atomic mass is 10.0. The molecule has 0 spiro atoms. The smallest absolute Gasteiger partial charge is 0.140 e. The zero-order chi connectivity index (χ0) is 14.5. The average molecular weight is 272 g/mol. The predicted molar refractivity (Wildman–Crippen MR) is 81.3 cm³/mol. The number of hydrogen-bond donors (Lipinski definition) is 1. The molecule has 2 rings (SSSR count). The van der Waals surface area contributed by atoms with Crippen molar-refractivity contribution in [3.8, 4) is 0 Å². The molecule has 1 aromatic carbocycles. The summed E-state index contributed by atoms with van der Waals surface area (Å²) in [7, 11) is 0. The van der Waals surface area contributed by atoms with Gasteiger partial charge in [-0.1, -0.05) is 38.1 Å². The normalized spacial score (nSPS) is 12.8. The maximum absolute atomic E-state index is 4.35. The van der Waals surface area contributed by atoms with Crippen molar-refractivity contribution >= 4 is 0 Å². The largest absolute Gasteiger partial charge is 0.303 e. The van der Waals surface area contributed by atoms with E-state index in [0.29, 0.717) is 12.0 Å². The monoisotopic (exact) mass is 272 g/mol. The molecule has 1 N–H and O–H groups in total. The maximum Gasteiger partial charge on any atom is 0.140 e. The molecular formula is C16H24N4. The van der Waals surface area contributed by atoms with Gasteiger partial charge >= 0.3 is 0 Å². The summed E-state index contributed by atoms with van der Waals surface area (Å²) in [5, 5.41) is 7.82. The summed E-state index contributed by atoms with van der Waals surface area (Å²) >= 11 is 0. The SMILES string of the molecule is Cc1ccccc1C(C)NCc1ncnn1CC(C)C. The van der Waals surface area contributed by atoms with Gasteiger partial charge in [-0.2, -0.15) is 5.10 Å². The van der Waals surface area contributed by atoms with Crippen molar-refractivity contribution in [1.82, 2.24) is 20.1 Å². The lowest BCUT2D eigenvalue weighted by Crippen LogP contribution is -2.22. The fraction of sp³-hybridized carbons (Fsp3) is 0.500. The topological polar surface area (TPSA) is 42.7 Å². The molecule has 108 valence electrons. The van der Waals surface area contributed by atoms with Crippen LogP contribution in [0.25, 0.3) is 0 Å². The van der Waals surface area contributed by atoms with E-state index in [1.165, 1.54) is 11.1 Å². The molecule has 4 nitrogen and oxygen atoms in total. The van der Waals surface area contributed by atoms with Gasteiger partial charge in [-0.3, -0.25) is 0 Å². The van der Waals surface area contributed by atoms with E-state index in [9.17, 15) is 0 Å². The minimum atomic E-state index is 0.306. The van der Waals surface area contributed by atoms with Crippen LogP contribution in [0, 0.1) is 12.8 Å². The quantitative estimate of drug-likeness (QED) is 0.878. The number of nitrogens with one attached hydrogen (secondary N) is 1. The van der Waals surface area contributed by atoms with Gasteiger partial charge in [0.05, 0.1) is 6.54 Å². The lowest BCUT2D eigenvalue weighted by Gasteiger charge is -2.17. The van der Waals surface area contributed by atoms with Crippen LogP contribution in [0.2, 0.25) is 0 Å². The Hall–Kier alpha value is -1.68. The van der Waals surface area contributed by atoms with Crippen molar-refractivity contribution in [2.75, 3.05) is 0 Å². The molecule has 1 unspecified atom stereocenters. The Kier molecular flexibility index (Phi) is 4.90. The second kappa shape index (κ2) is 6.66. The maximum atomic E-state index is 4.35. The molecule has 1 aromatic heterocycles. The van der Waals surface area contributed by atoms with E-state index in [4.69, 9.17) is 0 Å². The molecule has 0 aliphatic rings. The molecule has 0 radical (unpaired) electrons. The standard InChI is InChI=1S/C16H24N4/c1-12(2)10-20-16(18-11-19-20)9-17-14(4)15-8-6-5-7-13(15)3/h5-8,11-12,14,17H,9-10H2,1-4H3. The molecule has 0 bridgehead atoms. The van der Waals surface area contributed by atoms with Crippen molar-refractivity contribution in [2.24, 2.45) is 5.92 Å². The van der Waals surface area contributed by atoms with E-state index in [1.54, 1.807) is 6.33 Å². The number of nitrogens with zero attached hydrogens (tertiary/aromatic N) is 3. The molecular weight excluding hydrogens is 248 g/mol. The Bertz CT molecular complexity index is 545. The van der Waals surface area contributed by atoms with Crippen molar-refractivity contribution < 1.29 is 0 Å². The third-order valence-corrected chi connectivity index (χ3v) is 3.46. The van der Waals surface area contributed by atoms with Crippen molar-refractivity contribution in [2.45, 2.75) is 46.8 Å². The van der Waals surface area contributed by atoms with Gasteiger partial charge in [0.1, 0.15) is 12.2 Å². The van der Waals surface area contributed by atoms with E-state index in [0.717, 1.165) is 18.9 Å². The third-order valence-electron chi connectivity index (χ3n) is 3.46. The van der Waals surface area contributed by atoms with Crippen molar-refractivity contribution in [3.63, 3.8) is 0 Å². The first-order valence-corrected chi connectivity index (χ1v) is 7.23. The highest BCUT2D eigenvalue weighted by molar-refractivity contribution is 5.28. The molecule has 0 fully saturated rings. The highest BCUT2D eigenvalue weighted by Crippen LogP contribution is 2.17. The fourth-order valence-corrected chi connectivity index (χ4v) is 2.35. The molecule has 0 aliphatic heterocycles. The Morgan fingerprint density at radius 1 is 1.20 bits per heavy atom. The Morgan fingerprint density at radius 3 is 2.65 bits per heavy atom. The first kappa shape index (κ1) is 14.7. The van der Waals surface area contributed by atoms with Gasteiger partial charge in [0.15, 0.2) is 0 Å². The summed E-state index contributed by atoms with van der Waals surface area (Å²) < 4.78 is 1.99. The molecule has 1 heterocycles. The Balaban J connectivity index is 1.99. The van der Waals surface area contributed by atoms with Crippen LogP contribution in [-0.2, 0) is 13.1 Å². The van der Waals surface area contributed by atoms with Crippen LogP contribution in [0.3, 0.4) is 0 Å². The van der Waals surface area contributed by atoms with Crippen molar-refractivity contribution in [3.05, 3.63) is 47.5 Å². The molecule has 0 saturated heterocycles. The van der Waals surface area contributed by atoms with E-state index < -0.39 is 0 Å². The van der Waals surface area contributed by atoms with E-state index in [2.05, 4.69) is 67.4 Å². The summed E-state index contributed by atoms with van der Waals surface area (Å²) in [4.78, 5) is 4.35. The van der Waals surface area contributed by atoms with Crippen molar-refractivity contribution in [1.29, 1.82) is 0 Å². The second-order valence-corrected chi connectivity index (χ2v) is 5.71. The average Bonchev–Trinajstić information content (AvgIpc) is 2.83. The number of aromatic nitrogens is 3. The molecule has 4 heteroatoms. The highest BCUT2D eigenvalue weighted by Gasteiger charge is 2.10. The van der Waals surface area contributed by atoms with Crippen LogP contribution in [0.15, 0.2) is 30.6 Å². The minimum Gasteiger partial charge on any atom is -0.303 e. The zero-order valence-electron chi connectivity index (χ0n) is 12.8. The third kappa shape index (κ3) is 3.67. The van der Waals surface area contributed by atoms with Gasteiger partial charge in [0.2, 0.25) is 0 Å². The van der Waals surface area contributed by atoms with Gasteiger partial charge < -0.3 is 5.32 Å². The first-order chi connectivity index (χ1) is 9.58. The highest BCUT2D eigenvalue weighted by atomic mass is 15.3. The molecule has 1 atom stereocenters. The number of benzene rings is 1. The summed E-state index contributed by atoms with van der Waals surface area (Å²) in [6.45, 7) is 10.4. The zero-order valence-corrected chi connectivity index (χ0v) is 12.8. The van der Waals surface area contributed by atoms with Crippen LogP contribution in [0.5, 0.6) is 0 Å². The lowest BCUT2D eigenvalue weighted by molar-refractivity contribution is 0.449. The Morgan fingerprint density at radius 2 is 1.95 bits per heavy atom. The molecule has 0 aliphatic carbocycles. The molecule has 2 aromatic rings. The van der Waals surface area contributed by atoms with E-state index in [1.807, 2.05) is 4.68 Å². The van der Waals surface area contributed by atoms with Crippen LogP contribution in [-0.4, -0.2) is 14.8 Å². The van der Waals surface area contributed by atoms with E-state index in [-0.39, 0.29) is 0 Å². The minimum absolute atomic E-state index is 0.306. The van der Waals surface area contributed by atoms with Gasteiger partial charge in [-0.05, 0) is 30.9 Å². The molecule has 20 heavy (non-hydrogen) atoms. The summed E-state index contributed by atoms with van der Waals surface area (Å²) in [6.07, 6.45) is 1.64. The van der Waals surface area contributed by atoms with Gasteiger partial charge in [-0.15, -0.1) is 0 Å². The summed E-state index contributed by atoms with van der Waals surface area (Å²) in [5.74, 6) is 1.57. The van der Waals surface area contributed by atoms with Gasteiger partial charge in [0.25, 0.3) is 0 Å². The van der Waals surface area contributed by atoms with Crippen LogP contribution >= 0.6 is 0 Å². The van der Waals surface area contributed by atoms with E-state index >= 15 is 0 Å². The van der Waals surface area contributed by atoms with Crippen LogP contribution in [0.1, 0.15) is 43.8 Å². The molecule has 0 saturated carbocycles. The second-order valence-electron chi connectivity index (χ2n) is 5.71. The Labute approximate surface area is 121 Å². The number of hydrogen-bond acceptors (Lipinski definition) is 3. The predicted octanol–water partition coefficient (Wildman–Crippen LogP) is 3.09. The number of rotatable bonds is 6. The summed E-state index contributed by atoms with van der Waals surface area (Å²) in [5.41, 5.74) is 2.65. The molecule has 0 amide bonds. The van der Waals surface area contributed by atoms with Gasteiger partial charge in [0, 0.05) is 12.6 Å².